The fourth-order valence-electron chi connectivity index (χ4n) is 1.36. The number of rotatable bonds is 1. The van der Waals surface area contributed by atoms with E-state index in [1.165, 1.54) is 4.80 Å². The minimum absolute atomic E-state index is 0.619. The van der Waals surface area contributed by atoms with Crippen LogP contribution in [0.3, 0.4) is 0 Å². The molecule has 3 rings (SSSR count). The van der Waals surface area contributed by atoms with Gasteiger partial charge in [-0.25, -0.2) is 4.98 Å². The average Bonchev–Trinajstić information content (AvgIpc) is 2.74. The Hall–Kier alpha value is -2.30. The van der Waals surface area contributed by atoms with Gasteiger partial charge >= 0.3 is 0 Å². The third kappa shape index (κ3) is 1.34. The van der Waals surface area contributed by atoms with Gasteiger partial charge in [0.1, 0.15) is 11.0 Å². The standard InChI is InChI=1S/C10H7N5/c1-2-4-9-8(3-1)13-15(14-9)10-7-11-5-6-12-10/h1-7H. The molecule has 0 radical (unpaired) electrons. The minimum Gasteiger partial charge on any atom is -0.259 e. The van der Waals surface area contributed by atoms with Gasteiger partial charge in [-0.05, 0) is 12.1 Å². The van der Waals surface area contributed by atoms with Crippen molar-refractivity contribution in [2.75, 3.05) is 0 Å². The van der Waals surface area contributed by atoms with Crippen molar-refractivity contribution in [1.82, 2.24) is 25.0 Å². The third-order valence-corrected chi connectivity index (χ3v) is 2.04. The lowest BCUT2D eigenvalue weighted by Gasteiger charge is -1.94. The maximum absolute atomic E-state index is 4.29. The molecule has 0 bridgehead atoms. The lowest BCUT2D eigenvalue weighted by molar-refractivity contribution is 0.736. The first kappa shape index (κ1) is 8.05. The summed E-state index contributed by atoms with van der Waals surface area (Å²) in [5.74, 6) is 0.619. The minimum atomic E-state index is 0.619. The average molecular weight is 197 g/mol. The van der Waals surface area contributed by atoms with E-state index in [0.717, 1.165) is 11.0 Å². The summed E-state index contributed by atoms with van der Waals surface area (Å²) >= 11 is 0. The molecule has 15 heavy (non-hydrogen) atoms. The van der Waals surface area contributed by atoms with Crippen LogP contribution in [-0.4, -0.2) is 25.0 Å². The Morgan fingerprint density at radius 2 is 1.67 bits per heavy atom. The summed E-state index contributed by atoms with van der Waals surface area (Å²) in [4.78, 5) is 9.57. The zero-order chi connectivity index (χ0) is 10.1. The van der Waals surface area contributed by atoms with Crippen LogP contribution < -0.4 is 0 Å². The highest BCUT2D eigenvalue weighted by Crippen LogP contribution is 2.09. The molecule has 2 aromatic heterocycles. The molecule has 0 aliphatic rings. The van der Waals surface area contributed by atoms with Crippen molar-refractivity contribution in [3.8, 4) is 5.82 Å². The van der Waals surface area contributed by atoms with Crippen LogP contribution in [0.25, 0.3) is 16.9 Å². The second-order valence-corrected chi connectivity index (χ2v) is 3.04. The van der Waals surface area contributed by atoms with Crippen LogP contribution >= 0.6 is 0 Å². The molecule has 0 aliphatic heterocycles. The van der Waals surface area contributed by atoms with Gasteiger partial charge in [0.2, 0.25) is 0 Å². The highest BCUT2D eigenvalue weighted by atomic mass is 15.5. The molecule has 0 spiro atoms. The lowest BCUT2D eigenvalue weighted by atomic mass is 10.3. The van der Waals surface area contributed by atoms with Crippen LogP contribution in [-0.2, 0) is 0 Å². The van der Waals surface area contributed by atoms with Gasteiger partial charge < -0.3 is 0 Å². The number of hydrogen-bond acceptors (Lipinski definition) is 4. The number of benzene rings is 1. The molecule has 72 valence electrons. The molecular weight excluding hydrogens is 190 g/mol. The van der Waals surface area contributed by atoms with Gasteiger partial charge in [0.25, 0.3) is 0 Å². The molecule has 0 amide bonds. The highest BCUT2D eigenvalue weighted by Gasteiger charge is 2.03. The fraction of sp³-hybridized carbons (Fsp3) is 0. The number of fused-ring (bicyclic) bond motifs is 1. The van der Waals surface area contributed by atoms with Crippen molar-refractivity contribution < 1.29 is 0 Å². The number of nitrogens with zero attached hydrogens (tertiary/aromatic N) is 5. The van der Waals surface area contributed by atoms with Gasteiger partial charge in [0, 0.05) is 12.4 Å². The third-order valence-electron chi connectivity index (χ3n) is 2.04. The van der Waals surface area contributed by atoms with Crippen molar-refractivity contribution in [3.63, 3.8) is 0 Å². The molecule has 5 heteroatoms. The van der Waals surface area contributed by atoms with Crippen LogP contribution in [0.5, 0.6) is 0 Å². The molecule has 0 fully saturated rings. The molecule has 0 saturated heterocycles. The largest absolute Gasteiger partial charge is 0.259 e. The maximum Gasteiger partial charge on any atom is 0.192 e. The molecular formula is C10H7N5. The summed E-state index contributed by atoms with van der Waals surface area (Å²) in [5, 5.41) is 8.57. The van der Waals surface area contributed by atoms with Crippen LogP contribution in [0, 0.1) is 0 Å². The molecule has 0 aliphatic carbocycles. The molecule has 0 saturated carbocycles. The zero-order valence-corrected chi connectivity index (χ0v) is 7.78. The summed E-state index contributed by atoms with van der Waals surface area (Å²) < 4.78 is 0. The molecule has 5 nitrogen and oxygen atoms in total. The Morgan fingerprint density at radius 1 is 0.933 bits per heavy atom. The van der Waals surface area contributed by atoms with Crippen LogP contribution in [0.15, 0.2) is 42.9 Å². The van der Waals surface area contributed by atoms with E-state index in [1.807, 2.05) is 24.3 Å². The first-order valence-electron chi connectivity index (χ1n) is 4.52. The van der Waals surface area contributed by atoms with Crippen LogP contribution in [0.1, 0.15) is 0 Å². The molecule has 0 N–H and O–H groups in total. The van der Waals surface area contributed by atoms with Gasteiger partial charge in [-0.15, -0.1) is 15.0 Å². The predicted octanol–water partition coefficient (Wildman–Crippen LogP) is 1.21. The zero-order valence-electron chi connectivity index (χ0n) is 7.78. The SMILES string of the molecule is c1ccc2nn(-c3cnccn3)nc2c1. The lowest BCUT2D eigenvalue weighted by Crippen LogP contribution is -2.01. The molecule has 2 heterocycles. The Balaban J connectivity index is 2.21. The Morgan fingerprint density at radius 3 is 2.27 bits per heavy atom. The van der Waals surface area contributed by atoms with Gasteiger partial charge in [-0.2, -0.15) is 0 Å². The second kappa shape index (κ2) is 3.13. The normalized spacial score (nSPS) is 10.7. The van der Waals surface area contributed by atoms with Crippen molar-refractivity contribution in [1.29, 1.82) is 0 Å². The van der Waals surface area contributed by atoms with Gasteiger partial charge in [0.15, 0.2) is 5.82 Å². The van der Waals surface area contributed by atoms with E-state index >= 15 is 0 Å². The van der Waals surface area contributed by atoms with E-state index in [1.54, 1.807) is 18.6 Å². The molecule has 0 unspecified atom stereocenters. The van der Waals surface area contributed by atoms with Crippen LogP contribution in [0.2, 0.25) is 0 Å². The topological polar surface area (TPSA) is 56.5 Å². The van der Waals surface area contributed by atoms with Crippen molar-refractivity contribution in [2.45, 2.75) is 0 Å². The number of hydrogen-bond donors (Lipinski definition) is 0. The van der Waals surface area contributed by atoms with E-state index in [2.05, 4.69) is 20.2 Å². The predicted molar refractivity (Wildman–Crippen MR) is 54.5 cm³/mol. The Labute approximate surface area is 85.4 Å². The first-order valence-corrected chi connectivity index (χ1v) is 4.52. The highest BCUT2D eigenvalue weighted by molar-refractivity contribution is 5.73. The van der Waals surface area contributed by atoms with Crippen LogP contribution in [0.4, 0.5) is 0 Å². The maximum atomic E-state index is 4.29. The first-order chi connectivity index (χ1) is 7.43. The fourth-order valence-corrected chi connectivity index (χ4v) is 1.36. The summed E-state index contributed by atoms with van der Waals surface area (Å²) in [7, 11) is 0. The van der Waals surface area contributed by atoms with E-state index in [9.17, 15) is 0 Å². The smallest absolute Gasteiger partial charge is 0.192 e. The summed E-state index contributed by atoms with van der Waals surface area (Å²) in [6.45, 7) is 0. The Kier molecular flexibility index (Phi) is 1.68. The Bertz CT molecular complexity index is 554. The monoisotopic (exact) mass is 197 g/mol. The quantitative estimate of drug-likeness (QED) is 0.588. The summed E-state index contributed by atoms with van der Waals surface area (Å²) in [6.07, 6.45) is 4.86. The van der Waals surface area contributed by atoms with E-state index < -0.39 is 0 Å². The van der Waals surface area contributed by atoms with E-state index in [4.69, 9.17) is 0 Å². The number of aromatic nitrogens is 5. The summed E-state index contributed by atoms with van der Waals surface area (Å²) in [5.41, 5.74) is 1.70. The molecule has 3 aromatic rings. The van der Waals surface area contributed by atoms with E-state index in [0.29, 0.717) is 5.82 Å². The van der Waals surface area contributed by atoms with Crippen molar-refractivity contribution >= 4 is 11.0 Å². The van der Waals surface area contributed by atoms with E-state index in [-0.39, 0.29) is 0 Å². The molecule has 0 atom stereocenters. The van der Waals surface area contributed by atoms with Gasteiger partial charge in [-0.3, -0.25) is 4.98 Å². The summed E-state index contributed by atoms with van der Waals surface area (Å²) in [6, 6.07) is 7.68. The van der Waals surface area contributed by atoms with Crippen molar-refractivity contribution in [2.24, 2.45) is 0 Å². The van der Waals surface area contributed by atoms with Crippen molar-refractivity contribution in [3.05, 3.63) is 42.9 Å². The second-order valence-electron chi connectivity index (χ2n) is 3.04. The van der Waals surface area contributed by atoms with Gasteiger partial charge in [-0.1, -0.05) is 12.1 Å². The molecule has 1 aromatic carbocycles. The van der Waals surface area contributed by atoms with Gasteiger partial charge in [0.05, 0.1) is 6.20 Å².